The Morgan fingerprint density at radius 3 is 2.50 bits per heavy atom. The lowest BCUT2D eigenvalue weighted by Crippen LogP contribution is -2.15. The van der Waals surface area contributed by atoms with Crippen molar-refractivity contribution in [3.63, 3.8) is 0 Å². The van der Waals surface area contributed by atoms with Crippen LogP contribution < -0.4 is 10.5 Å². The van der Waals surface area contributed by atoms with Crippen molar-refractivity contribution in [3.05, 3.63) is 53.6 Å². The Bertz CT molecular complexity index is 761. The number of halogens is 2. The highest BCUT2D eigenvalue weighted by Gasteiger charge is 2.19. The monoisotopic (exact) mass is 298 g/mol. The molecule has 0 spiro atoms. The molecule has 0 saturated heterocycles. The van der Waals surface area contributed by atoms with E-state index in [2.05, 4.69) is 4.72 Å². The molecule has 0 heterocycles. The van der Waals surface area contributed by atoms with Gasteiger partial charge in [0.25, 0.3) is 10.0 Å². The Morgan fingerprint density at radius 2 is 1.85 bits per heavy atom. The number of nitrogens with one attached hydrogen (secondary N) is 1. The van der Waals surface area contributed by atoms with E-state index in [0.717, 1.165) is 18.2 Å². The SMILES string of the molecule is Cc1cc(F)c(N)cc1S(=O)(=O)Nc1cccc(F)c1. The van der Waals surface area contributed by atoms with Gasteiger partial charge >= 0.3 is 0 Å². The van der Waals surface area contributed by atoms with E-state index in [4.69, 9.17) is 5.73 Å². The molecule has 20 heavy (non-hydrogen) atoms. The summed E-state index contributed by atoms with van der Waals surface area (Å²) >= 11 is 0. The molecule has 0 aliphatic rings. The third kappa shape index (κ3) is 2.88. The molecule has 2 rings (SSSR count). The van der Waals surface area contributed by atoms with Crippen molar-refractivity contribution in [2.45, 2.75) is 11.8 Å². The summed E-state index contributed by atoms with van der Waals surface area (Å²) in [6, 6.07) is 7.09. The zero-order valence-corrected chi connectivity index (χ0v) is 11.3. The van der Waals surface area contributed by atoms with E-state index >= 15 is 0 Å². The molecular weight excluding hydrogens is 286 g/mol. The molecular formula is C13H12F2N2O2S. The summed E-state index contributed by atoms with van der Waals surface area (Å²) in [6.07, 6.45) is 0. The van der Waals surface area contributed by atoms with Gasteiger partial charge in [-0.05, 0) is 42.8 Å². The molecule has 0 amide bonds. The number of hydrogen-bond donors (Lipinski definition) is 2. The number of aryl methyl sites for hydroxylation is 1. The van der Waals surface area contributed by atoms with Crippen LogP contribution in [0.3, 0.4) is 0 Å². The molecule has 7 heteroatoms. The quantitative estimate of drug-likeness (QED) is 0.856. The van der Waals surface area contributed by atoms with Gasteiger partial charge in [-0.2, -0.15) is 0 Å². The fourth-order valence-corrected chi connectivity index (χ4v) is 3.03. The fourth-order valence-electron chi connectivity index (χ4n) is 1.72. The van der Waals surface area contributed by atoms with Crippen molar-refractivity contribution < 1.29 is 17.2 Å². The van der Waals surface area contributed by atoms with Crippen molar-refractivity contribution in [2.75, 3.05) is 10.5 Å². The molecule has 0 aromatic heterocycles. The Hall–Kier alpha value is -2.15. The van der Waals surface area contributed by atoms with Gasteiger partial charge in [-0.1, -0.05) is 6.07 Å². The van der Waals surface area contributed by atoms with Crippen molar-refractivity contribution in [3.8, 4) is 0 Å². The van der Waals surface area contributed by atoms with Gasteiger partial charge in [-0.25, -0.2) is 17.2 Å². The van der Waals surface area contributed by atoms with Crippen LogP contribution in [0.15, 0.2) is 41.3 Å². The lowest BCUT2D eigenvalue weighted by Gasteiger charge is -2.11. The average molecular weight is 298 g/mol. The van der Waals surface area contributed by atoms with E-state index in [-0.39, 0.29) is 21.8 Å². The summed E-state index contributed by atoms with van der Waals surface area (Å²) in [5.74, 6) is -1.26. The molecule has 0 bridgehead atoms. The summed E-state index contributed by atoms with van der Waals surface area (Å²) in [4.78, 5) is -0.152. The van der Waals surface area contributed by atoms with E-state index < -0.39 is 21.7 Å². The normalized spacial score (nSPS) is 11.3. The number of hydrogen-bond acceptors (Lipinski definition) is 3. The highest BCUT2D eigenvalue weighted by molar-refractivity contribution is 7.92. The van der Waals surface area contributed by atoms with E-state index in [0.29, 0.717) is 0 Å². The highest BCUT2D eigenvalue weighted by Crippen LogP contribution is 2.24. The van der Waals surface area contributed by atoms with Gasteiger partial charge in [0.2, 0.25) is 0 Å². The van der Waals surface area contributed by atoms with Crippen LogP contribution in [0.25, 0.3) is 0 Å². The van der Waals surface area contributed by atoms with Gasteiger partial charge in [0.05, 0.1) is 16.3 Å². The molecule has 0 atom stereocenters. The maximum Gasteiger partial charge on any atom is 0.262 e. The maximum absolute atomic E-state index is 13.2. The Labute approximate surface area is 115 Å². The second-order valence-corrected chi connectivity index (χ2v) is 5.91. The van der Waals surface area contributed by atoms with E-state index in [9.17, 15) is 17.2 Å². The number of nitrogens with two attached hydrogens (primary N) is 1. The molecule has 2 aromatic rings. The first-order chi connectivity index (χ1) is 9.29. The summed E-state index contributed by atoms with van der Waals surface area (Å²) in [7, 11) is -3.96. The zero-order chi connectivity index (χ0) is 14.9. The van der Waals surface area contributed by atoms with Gasteiger partial charge in [0, 0.05) is 0 Å². The highest BCUT2D eigenvalue weighted by atomic mass is 32.2. The van der Waals surface area contributed by atoms with Crippen LogP contribution in [0.2, 0.25) is 0 Å². The lowest BCUT2D eigenvalue weighted by molar-refractivity contribution is 0.599. The predicted octanol–water partition coefficient (Wildman–Crippen LogP) is 2.66. The first-order valence-electron chi connectivity index (χ1n) is 5.63. The maximum atomic E-state index is 13.2. The van der Waals surface area contributed by atoms with Crippen molar-refractivity contribution in [2.24, 2.45) is 0 Å². The molecule has 0 aliphatic carbocycles. The molecule has 0 radical (unpaired) electrons. The summed E-state index contributed by atoms with van der Waals surface area (Å²) < 4.78 is 52.9. The van der Waals surface area contributed by atoms with Gasteiger partial charge in [0.15, 0.2) is 0 Å². The van der Waals surface area contributed by atoms with Crippen molar-refractivity contribution >= 4 is 21.4 Å². The Balaban J connectivity index is 2.43. The first-order valence-corrected chi connectivity index (χ1v) is 7.12. The van der Waals surface area contributed by atoms with Crippen molar-refractivity contribution in [1.29, 1.82) is 0 Å². The van der Waals surface area contributed by atoms with Crippen LogP contribution in [0, 0.1) is 18.6 Å². The minimum Gasteiger partial charge on any atom is -0.396 e. The number of nitrogen functional groups attached to an aromatic ring is 1. The Morgan fingerprint density at radius 1 is 1.15 bits per heavy atom. The second-order valence-electron chi connectivity index (χ2n) is 4.26. The smallest absolute Gasteiger partial charge is 0.262 e. The summed E-state index contributed by atoms with van der Waals surface area (Å²) in [5.41, 5.74) is 5.39. The summed E-state index contributed by atoms with van der Waals surface area (Å²) in [6.45, 7) is 1.45. The number of sulfonamides is 1. The van der Waals surface area contributed by atoms with Crippen LogP contribution >= 0.6 is 0 Å². The lowest BCUT2D eigenvalue weighted by atomic mass is 10.2. The molecule has 2 aromatic carbocycles. The third-order valence-electron chi connectivity index (χ3n) is 2.66. The number of benzene rings is 2. The zero-order valence-electron chi connectivity index (χ0n) is 10.5. The molecule has 4 nitrogen and oxygen atoms in total. The fraction of sp³-hybridized carbons (Fsp3) is 0.0769. The molecule has 3 N–H and O–H groups in total. The van der Waals surface area contributed by atoms with Crippen LogP contribution in [0.5, 0.6) is 0 Å². The van der Waals surface area contributed by atoms with E-state index in [1.54, 1.807) is 0 Å². The average Bonchev–Trinajstić information content (AvgIpc) is 2.33. The topological polar surface area (TPSA) is 72.2 Å². The molecule has 0 fully saturated rings. The molecule has 106 valence electrons. The van der Waals surface area contributed by atoms with E-state index in [1.165, 1.54) is 25.1 Å². The summed E-state index contributed by atoms with van der Waals surface area (Å²) in [5, 5.41) is 0. The molecule has 0 unspecified atom stereocenters. The first kappa shape index (κ1) is 14.3. The van der Waals surface area contributed by atoms with Crippen LogP contribution in [-0.4, -0.2) is 8.42 Å². The Kier molecular flexibility index (Phi) is 3.63. The van der Waals surface area contributed by atoms with Crippen LogP contribution in [-0.2, 0) is 10.0 Å². The standard InChI is InChI=1S/C13H12F2N2O2S/c1-8-5-11(15)12(16)7-13(8)20(18,19)17-10-4-2-3-9(14)6-10/h2-7,17H,16H2,1H3. The van der Waals surface area contributed by atoms with Gasteiger partial charge < -0.3 is 5.73 Å². The molecule has 0 saturated carbocycles. The van der Waals surface area contributed by atoms with Crippen molar-refractivity contribution in [1.82, 2.24) is 0 Å². The second kappa shape index (κ2) is 5.09. The third-order valence-corrected chi connectivity index (χ3v) is 4.18. The van der Waals surface area contributed by atoms with Crippen LogP contribution in [0.4, 0.5) is 20.2 Å². The minimum atomic E-state index is -3.96. The molecule has 0 aliphatic heterocycles. The van der Waals surface area contributed by atoms with E-state index in [1.807, 2.05) is 0 Å². The van der Waals surface area contributed by atoms with Crippen LogP contribution in [0.1, 0.15) is 5.56 Å². The van der Waals surface area contributed by atoms with Gasteiger partial charge in [-0.3, -0.25) is 4.72 Å². The number of rotatable bonds is 3. The largest absolute Gasteiger partial charge is 0.396 e. The van der Waals surface area contributed by atoms with Gasteiger partial charge in [-0.15, -0.1) is 0 Å². The predicted molar refractivity (Wildman–Crippen MR) is 72.8 cm³/mol. The minimum absolute atomic E-state index is 0.0762. The van der Waals surface area contributed by atoms with Gasteiger partial charge in [0.1, 0.15) is 11.6 Å². The number of anilines is 2.